The summed E-state index contributed by atoms with van der Waals surface area (Å²) in [7, 11) is 1.53. The zero-order valence-electron chi connectivity index (χ0n) is 12.9. The molecule has 1 unspecified atom stereocenters. The van der Waals surface area contributed by atoms with E-state index in [1.165, 1.54) is 19.2 Å². The monoisotopic (exact) mass is 384 g/mol. The van der Waals surface area contributed by atoms with Crippen molar-refractivity contribution in [2.45, 2.75) is 31.4 Å². The van der Waals surface area contributed by atoms with Crippen LogP contribution >= 0.6 is 35.6 Å². The molecule has 23 heavy (non-hydrogen) atoms. The number of rotatable bonds is 4. The van der Waals surface area contributed by atoms with Crippen LogP contribution < -0.4 is 10.6 Å². The van der Waals surface area contributed by atoms with E-state index in [0.717, 1.165) is 0 Å². The Bertz CT molecular complexity index is 566. The summed E-state index contributed by atoms with van der Waals surface area (Å²) in [6.07, 6.45) is 1.15. The summed E-state index contributed by atoms with van der Waals surface area (Å²) >= 11 is 12.1. The number of halogens is 4. The number of benzene rings is 1. The maximum atomic E-state index is 13.6. The Morgan fingerprint density at radius 3 is 2.57 bits per heavy atom. The Morgan fingerprint density at radius 1 is 1.39 bits per heavy atom. The molecule has 0 aromatic heterocycles. The highest BCUT2D eigenvalue weighted by Crippen LogP contribution is 2.33. The van der Waals surface area contributed by atoms with Crippen molar-refractivity contribution in [3.05, 3.63) is 33.6 Å². The lowest BCUT2D eigenvalue weighted by atomic mass is 9.90. The number of carbonyl (C=O) groups excluding carboxylic acids is 1. The van der Waals surface area contributed by atoms with Crippen LogP contribution in [-0.4, -0.2) is 31.7 Å². The van der Waals surface area contributed by atoms with Crippen molar-refractivity contribution in [2.24, 2.45) is 0 Å². The minimum atomic E-state index is -0.869. The average molecular weight is 386 g/mol. The molecular weight excluding hydrogens is 366 g/mol. The summed E-state index contributed by atoms with van der Waals surface area (Å²) in [6, 6.07) is 2.11. The topological polar surface area (TPSA) is 50.4 Å². The Balaban J connectivity index is 0.00000264. The van der Waals surface area contributed by atoms with Crippen LogP contribution in [0.2, 0.25) is 10.0 Å². The van der Waals surface area contributed by atoms with Crippen LogP contribution in [0, 0.1) is 5.82 Å². The first-order chi connectivity index (χ1) is 10.4. The molecule has 0 saturated carbocycles. The lowest BCUT2D eigenvalue weighted by Gasteiger charge is -2.35. The number of carbonyl (C=O) groups is 1. The van der Waals surface area contributed by atoms with Crippen molar-refractivity contribution in [3.63, 3.8) is 0 Å². The number of hydrogen-bond donors (Lipinski definition) is 2. The molecule has 0 aliphatic carbocycles. The summed E-state index contributed by atoms with van der Waals surface area (Å²) in [6.45, 7) is 3.13. The van der Waals surface area contributed by atoms with Crippen LogP contribution in [0.4, 0.5) is 4.39 Å². The van der Waals surface area contributed by atoms with Gasteiger partial charge in [-0.25, -0.2) is 4.39 Å². The number of amides is 1. The molecule has 1 aromatic rings. The van der Waals surface area contributed by atoms with Gasteiger partial charge in [0, 0.05) is 17.7 Å². The van der Waals surface area contributed by atoms with Gasteiger partial charge in [0.05, 0.1) is 11.1 Å². The van der Waals surface area contributed by atoms with Crippen molar-refractivity contribution in [3.8, 4) is 0 Å². The summed E-state index contributed by atoms with van der Waals surface area (Å²) < 4.78 is 19.1. The molecule has 4 nitrogen and oxygen atoms in total. The summed E-state index contributed by atoms with van der Waals surface area (Å²) in [5, 5.41) is 6.27. The number of piperidine rings is 1. The van der Waals surface area contributed by atoms with E-state index in [9.17, 15) is 9.18 Å². The molecule has 8 heteroatoms. The molecule has 2 rings (SSSR count). The van der Waals surface area contributed by atoms with Crippen LogP contribution in [0.1, 0.15) is 31.4 Å². The zero-order valence-corrected chi connectivity index (χ0v) is 15.2. The van der Waals surface area contributed by atoms with Crippen LogP contribution in [-0.2, 0) is 9.53 Å². The van der Waals surface area contributed by atoms with Gasteiger partial charge >= 0.3 is 0 Å². The summed E-state index contributed by atoms with van der Waals surface area (Å²) in [5.41, 5.74) is -0.497. The maximum Gasteiger partial charge on any atom is 0.252 e. The fourth-order valence-electron chi connectivity index (χ4n) is 2.69. The third kappa shape index (κ3) is 4.28. The fraction of sp³-hybridized carbons (Fsp3) is 0.533. The molecule has 0 bridgehead atoms. The van der Waals surface area contributed by atoms with E-state index in [2.05, 4.69) is 10.6 Å². The van der Waals surface area contributed by atoms with Crippen LogP contribution in [0.3, 0.4) is 0 Å². The molecule has 1 atom stereocenters. The van der Waals surface area contributed by atoms with E-state index in [0.29, 0.717) is 36.5 Å². The lowest BCUT2D eigenvalue weighted by Crippen LogP contribution is -2.54. The second-order valence-corrected chi connectivity index (χ2v) is 6.19. The van der Waals surface area contributed by atoms with Crippen molar-refractivity contribution in [1.29, 1.82) is 0 Å². The van der Waals surface area contributed by atoms with Gasteiger partial charge in [-0.2, -0.15) is 0 Å². The van der Waals surface area contributed by atoms with E-state index >= 15 is 0 Å². The number of hydrogen-bond acceptors (Lipinski definition) is 3. The fourth-order valence-corrected chi connectivity index (χ4v) is 3.39. The summed E-state index contributed by atoms with van der Waals surface area (Å²) in [4.78, 5) is 12.6. The van der Waals surface area contributed by atoms with E-state index < -0.39 is 17.5 Å². The van der Waals surface area contributed by atoms with Gasteiger partial charge in [-0.05, 0) is 45.0 Å². The standard InChI is InChI=1S/C15H19Cl2FN2O2.ClH/c1-9(12-10(16)3-4-11(18)13(12)17)20-14(21)15(22-2)5-7-19-8-6-15;/h3-4,9,19H,5-8H2,1-2H3,(H,20,21);1H. The van der Waals surface area contributed by atoms with E-state index in [1.54, 1.807) is 6.92 Å². The van der Waals surface area contributed by atoms with Crippen molar-refractivity contribution >= 4 is 41.5 Å². The van der Waals surface area contributed by atoms with E-state index in [4.69, 9.17) is 27.9 Å². The van der Waals surface area contributed by atoms with Gasteiger partial charge in [0.15, 0.2) is 0 Å². The average Bonchev–Trinajstić information content (AvgIpc) is 2.52. The number of methoxy groups -OCH3 is 1. The van der Waals surface area contributed by atoms with Gasteiger partial charge in [-0.15, -0.1) is 12.4 Å². The highest BCUT2D eigenvalue weighted by atomic mass is 35.5. The number of nitrogens with one attached hydrogen (secondary N) is 2. The van der Waals surface area contributed by atoms with E-state index in [1.807, 2.05) is 0 Å². The van der Waals surface area contributed by atoms with Gasteiger partial charge in [0.2, 0.25) is 0 Å². The Kier molecular flexibility index (Phi) is 7.55. The van der Waals surface area contributed by atoms with Gasteiger partial charge in [0.25, 0.3) is 5.91 Å². The minimum Gasteiger partial charge on any atom is -0.368 e. The molecule has 1 heterocycles. The van der Waals surface area contributed by atoms with Gasteiger partial charge < -0.3 is 15.4 Å². The lowest BCUT2D eigenvalue weighted by molar-refractivity contribution is -0.147. The van der Waals surface area contributed by atoms with Crippen LogP contribution in [0.15, 0.2) is 12.1 Å². The van der Waals surface area contributed by atoms with Crippen LogP contribution in [0.5, 0.6) is 0 Å². The molecule has 0 radical (unpaired) electrons. The Hall–Kier alpha value is -0.590. The molecule has 1 aromatic carbocycles. The normalized spacial score (nSPS) is 18.0. The molecule has 2 N–H and O–H groups in total. The molecule has 0 spiro atoms. The smallest absolute Gasteiger partial charge is 0.252 e. The Labute approximate surface area is 151 Å². The molecule has 1 amide bonds. The van der Waals surface area contributed by atoms with Crippen molar-refractivity contribution in [1.82, 2.24) is 10.6 Å². The van der Waals surface area contributed by atoms with Gasteiger partial charge in [-0.3, -0.25) is 4.79 Å². The first-order valence-electron chi connectivity index (χ1n) is 7.11. The minimum absolute atomic E-state index is 0. The SMILES string of the molecule is COC1(C(=O)NC(C)c2c(Cl)ccc(F)c2Cl)CCNCC1.Cl. The quantitative estimate of drug-likeness (QED) is 0.780. The largest absolute Gasteiger partial charge is 0.368 e. The molecule has 1 fully saturated rings. The highest BCUT2D eigenvalue weighted by Gasteiger charge is 2.40. The highest BCUT2D eigenvalue weighted by molar-refractivity contribution is 6.36. The van der Waals surface area contributed by atoms with Crippen molar-refractivity contribution in [2.75, 3.05) is 20.2 Å². The first-order valence-corrected chi connectivity index (χ1v) is 7.87. The van der Waals surface area contributed by atoms with Gasteiger partial charge in [0.1, 0.15) is 11.4 Å². The molecule has 1 saturated heterocycles. The maximum absolute atomic E-state index is 13.6. The van der Waals surface area contributed by atoms with Crippen LogP contribution in [0.25, 0.3) is 0 Å². The summed E-state index contributed by atoms with van der Waals surface area (Å²) in [5.74, 6) is -0.800. The molecular formula is C15H20Cl3FN2O2. The first kappa shape index (κ1) is 20.5. The Morgan fingerprint density at radius 2 is 2.00 bits per heavy atom. The second kappa shape index (κ2) is 8.49. The predicted octanol–water partition coefficient (Wildman–Crippen LogP) is 3.50. The van der Waals surface area contributed by atoms with Crippen molar-refractivity contribution < 1.29 is 13.9 Å². The predicted molar refractivity (Wildman–Crippen MR) is 92.1 cm³/mol. The second-order valence-electron chi connectivity index (χ2n) is 5.40. The number of ether oxygens (including phenoxy) is 1. The van der Waals surface area contributed by atoms with E-state index in [-0.39, 0.29) is 23.3 Å². The molecule has 1 aliphatic rings. The molecule has 130 valence electrons. The van der Waals surface area contributed by atoms with Gasteiger partial charge in [-0.1, -0.05) is 23.2 Å². The molecule has 1 aliphatic heterocycles. The zero-order chi connectivity index (χ0) is 16.3. The third-order valence-corrected chi connectivity index (χ3v) is 4.79. The third-order valence-electron chi connectivity index (χ3n) is 4.08.